The van der Waals surface area contributed by atoms with Crippen LogP contribution in [0.4, 0.5) is 8.78 Å². The number of fused-ring (bicyclic) bond motifs is 1. The van der Waals surface area contributed by atoms with Gasteiger partial charge in [0.25, 0.3) is 0 Å². The molecule has 0 atom stereocenters. The second-order valence-electron chi connectivity index (χ2n) is 5.38. The van der Waals surface area contributed by atoms with Crippen molar-refractivity contribution < 1.29 is 13.9 Å². The first-order chi connectivity index (χ1) is 10.5. The summed E-state index contributed by atoms with van der Waals surface area (Å²) in [7, 11) is 0. The molecule has 3 aromatic rings. The van der Waals surface area contributed by atoms with Gasteiger partial charge in [0.1, 0.15) is 5.75 Å². The topological polar surface area (TPSA) is 46.0 Å². The zero-order valence-electron chi connectivity index (χ0n) is 12.1. The number of phenolic OH excluding ortho intramolecular Hbond substituents is 1. The predicted molar refractivity (Wildman–Crippen MR) is 80.6 cm³/mol. The van der Waals surface area contributed by atoms with E-state index in [0.717, 1.165) is 0 Å². The molecule has 1 aromatic heterocycles. The lowest BCUT2D eigenvalue weighted by Gasteiger charge is -2.13. The lowest BCUT2D eigenvalue weighted by molar-refractivity contribution is 0.437. The molecule has 0 saturated carbocycles. The average Bonchev–Trinajstić information content (AvgIpc) is 2.50. The summed E-state index contributed by atoms with van der Waals surface area (Å²) >= 11 is 0. The van der Waals surface area contributed by atoms with Gasteiger partial charge in [-0.1, -0.05) is 26.0 Å². The molecule has 1 heterocycles. The van der Waals surface area contributed by atoms with Crippen LogP contribution in [0.5, 0.6) is 5.75 Å². The van der Waals surface area contributed by atoms with Gasteiger partial charge in [-0.25, -0.2) is 13.8 Å². The number of benzene rings is 2. The maximum atomic E-state index is 14.3. The smallest absolute Gasteiger partial charge is 0.168 e. The van der Waals surface area contributed by atoms with E-state index in [1.165, 1.54) is 12.3 Å². The first-order valence-corrected chi connectivity index (χ1v) is 6.92. The largest absolute Gasteiger partial charge is 0.508 e. The summed E-state index contributed by atoms with van der Waals surface area (Å²) < 4.78 is 28.5. The minimum absolute atomic E-state index is 0.0324. The molecular formula is C17H14F2N2O. The molecule has 0 aliphatic rings. The summed E-state index contributed by atoms with van der Waals surface area (Å²) in [5, 5.41) is 9.99. The van der Waals surface area contributed by atoms with Crippen molar-refractivity contribution in [3.05, 3.63) is 53.7 Å². The van der Waals surface area contributed by atoms with Crippen molar-refractivity contribution in [2.75, 3.05) is 0 Å². The van der Waals surface area contributed by atoms with Gasteiger partial charge in [-0.15, -0.1) is 0 Å². The standard InChI is InChI=1S/C17H14F2N2O/c1-9(2)15-14(22)7-10(16(18)17(15)19)13-8-20-11-5-3-4-6-12(11)21-13/h3-9,22H,1-2H3. The fourth-order valence-corrected chi connectivity index (χ4v) is 2.45. The average molecular weight is 300 g/mol. The van der Waals surface area contributed by atoms with Crippen LogP contribution in [-0.4, -0.2) is 15.1 Å². The van der Waals surface area contributed by atoms with E-state index in [1.807, 2.05) is 6.07 Å². The van der Waals surface area contributed by atoms with Gasteiger partial charge >= 0.3 is 0 Å². The van der Waals surface area contributed by atoms with Crippen molar-refractivity contribution in [3.8, 4) is 17.0 Å². The van der Waals surface area contributed by atoms with Crippen molar-refractivity contribution in [1.82, 2.24) is 9.97 Å². The minimum Gasteiger partial charge on any atom is -0.508 e. The van der Waals surface area contributed by atoms with Crippen LogP contribution >= 0.6 is 0 Å². The molecule has 0 bridgehead atoms. The molecule has 0 amide bonds. The maximum absolute atomic E-state index is 14.3. The third-order valence-electron chi connectivity index (χ3n) is 3.52. The second-order valence-corrected chi connectivity index (χ2v) is 5.38. The van der Waals surface area contributed by atoms with Gasteiger partial charge in [0, 0.05) is 11.1 Å². The number of hydrogen-bond acceptors (Lipinski definition) is 3. The first-order valence-electron chi connectivity index (χ1n) is 6.92. The highest BCUT2D eigenvalue weighted by Crippen LogP contribution is 2.35. The SMILES string of the molecule is CC(C)c1c(O)cc(-c2cnc3ccccc3n2)c(F)c1F. The predicted octanol–water partition coefficient (Wildman–Crippen LogP) is 4.40. The van der Waals surface area contributed by atoms with Crippen LogP contribution in [0.25, 0.3) is 22.3 Å². The summed E-state index contributed by atoms with van der Waals surface area (Å²) in [4.78, 5) is 8.47. The van der Waals surface area contributed by atoms with Gasteiger partial charge in [0.2, 0.25) is 0 Å². The normalized spacial score (nSPS) is 11.3. The van der Waals surface area contributed by atoms with Crippen LogP contribution in [0.1, 0.15) is 25.3 Å². The molecule has 0 radical (unpaired) electrons. The van der Waals surface area contributed by atoms with E-state index in [0.29, 0.717) is 11.0 Å². The van der Waals surface area contributed by atoms with Gasteiger partial charge in [-0.2, -0.15) is 0 Å². The summed E-state index contributed by atoms with van der Waals surface area (Å²) in [5.74, 6) is -2.67. The van der Waals surface area contributed by atoms with Crippen LogP contribution in [0.3, 0.4) is 0 Å². The van der Waals surface area contributed by atoms with E-state index < -0.39 is 11.6 Å². The van der Waals surface area contributed by atoms with Gasteiger partial charge < -0.3 is 5.11 Å². The third kappa shape index (κ3) is 2.28. The summed E-state index contributed by atoms with van der Waals surface area (Å²) in [6.45, 7) is 3.38. The van der Waals surface area contributed by atoms with Crippen molar-refractivity contribution in [2.45, 2.75) is 19.8 Å². The number of halogens is 2. The van der Waals surface area contributed by atoms with Gasteiger partial charge in [0.05, 0.1) is 22.9 Å². The molecule has 5 heteroatoms. The Morgan fingerprint density at radius 3 is 2.41 bits per heavy atom. The molecular weight excluding hydrogens is 286 g/mol. The number of phenols is 1. The lowest BCUT2D eigenvalue weighted by atomic mass is 9.98. The molecule has 0 aliphatic carbocycles. The molecule has 3 nitrogen and oxygen atoms in total. The minimum atomic E-state index is -1.04. The number of aromatic hydroxyl groups is 1. The van der Waals surface area contributed by atoms with E-state index in [2.05, 4.69) is 9.97 Å². The Labute approximate surface area is 126 Å². The summed E-state index contributed by atoms with van der Waals surface area (Å²) in [6.07, 6.45) is 1.37. The van der Waals surface area contributed by atoms with Gasteiger partial charge in [0.15, 0.2) is 11.6 Å². The molecule has 1 N–H and O–H groups in total. The lowest BCUT2D eigenvalue weighted by Crippen LogP contribution is -2.01. The van der Waals surface area contributed by atoms with Gasteiger partial charge in [-0.05, 0) is 24.1 Å². The highest BCUT2D eigenvalue weighted by atomic mass is 19.2. The number of aromatic nitrogens is 2. The van der Waals surface area contributed by atoms with E-state index >= 15 is 0 Å². The molecule has 3 rings (SSSR count). The Morgan fingerprint density at radius 1 is 1.05 bits per heavy atom. The highest BCUT2D eigenvalue weighted by Gasteiger charge is 2.22. The molecule has 0 unspecified atom stereocenters. The third-order valence-corrected chi connectivity index (χ3v) is 3.52. The molecule has 112 valence electrons. The van der Waals surface area contributed by atoms with Crippen LogP contribution in [0, 0.1) is 11.6 Å². The van der Waals surface area contributed by atoms with E-state index in [-0.39, 0.29) is 28.5 Å². The van der Waals surface area contributed by atoms with Crippen molar-refractivity contribution in [2.24, 2.45) is 0 Å². The summed E-state index contributed by atoms with van der Waals surface area (Å²) in [5.41, 5.74) is 1.29. The van der Waals surface area contributed by atoms with Crippen molar-refractivity contribution >= 4 is 11.0 Å². The Kier molecular flexibility index (Phi) is 3.48. The zero-order chi connectivity index (χ0) is 15.9. The number of rotatable bonds is 2. The fourth-order valence-electron chi connectivity index (χ4n) is 2.45. The Hall–Kier alpha value is -2.56. The van der Waals surface area contributed by atoms with Crippen LogP contribution in [0.15, 0.2) is 36.5 Å². The van der Waals surface area contributed by atoms with E-state index in [9.17, 15) is 13.9 Å². The molecule has 22 heavy (non-hydrogen) atoms. The van der Waals surface area contributed by atoms with Crippen molar-refractivity contribution in [1.29, 1.82) is 0 Å². The van der Waals surface area contributed by atoms with Crippen molar-refractivity contribution in [3.63, 3.8) is 0 Å². The number of para-hydroxylation sites is 2. The molecule has 0 aliphatic heterocycles. The molecule has 0 spiro atoms. The molecule has 0 saturated heterocycles. The number of hydrogen-bond donors (Lipinski definition) is 1. The zero-order valence-corrected chi connectivity index (χ0v) is 12.1. The Bertz CT molecular complexity index is 863. The maximum Gasteiger partial charge on any atom is 0.168 e. The first kappa shape index (κ1) is 14.4. The van der Waals surface area contributed by atoms with Crippen LogP contribution in [0.2, 0.25) is 0 Å². The van der Waals surface area contributed by atoms with Gasteiger partial charge in [-0.3, -0.25) is 4.98 Å². The molecule has 2 aromatic carbocycles. The van der Waals surface area contributed by atoms with Crippen LogP contribution < -0.4 is 0 Å². The Balaban J connectivity index is 2.22. The fraction of sp³-hybridized carbons (Fsp3) is 0.176. The quantitative estimate of drug-likeness (QED) is 0.762. The van der Waals surface area contributed by atoms with Crippen LogP contribution in [-0.2, 0) is 0 Å². The Morgan fingerprint density at radius 2 is 1.73 bits per heavy atom. The number of nitrogens with zero attached hydrogens (tertiary/aromatic N) is 2. The van der Waals surface area contributed by atoms with E-state index in [1.54, 1.807) is 32.0 Å². The summed E-state index contributed by atoms with van der Waals surface area (Å²) in [6, 6.07) is 8.33. The highest BCUT2D eigenvalue weighted by molar-refractivity contribution is 5.77. The molecule has 0 fully saturated rings. The van der Waals surface area contributed by atoms with E-state index in [4.69, 9.17) is 0 Å². The monoisotopic (exact) mass is 300 g/mol. The second kappa shape index (κ2) is 5.33.